The number of nitrogens with two attached hydrogens (primary N) is 1. The highest BCUT2D eigenvalue weighted by Gasteiger charge is 2.36. The first-order chi connectivity index (χ1) is 18.8. The monoisotopic (exact) mass is 532 g/mol. The number of hydrogen-bond donors (Lipinski definition) is 2. The summed E-state index contributed by atoms with van der Waals surface area (Å²) in [4.78, 5) is 13.7. The van der Waals surface area contributed by atoms with Crippen molar-refractivity contribution in [3.63, 3.8) is 0 Å². The number of aliphatic carboxylic acids is 1. The molecule has 7 heteroatoms. The average molecular weight is 533 g/mol. The molecule has 39 heavy (non-hydrogen) atoms. The quantitative estimate of drug-likeness (QED) is 0.364. The maximum Gasteiger partial charge on any atom is 0.307 e. The van der Waals surface area contributed by atoms with Gasteiger partial charge in [0, 0.05) is 48.1 Å². The summed E-state index contributed by atoms with van der Waals surface area (Å²) in [6.45, 7) is 5.54. The fourth-order valence-electron chi connectivity index (χ4n) is 5.88. The molecule has 1 unspecified atom stereocenters. The van der Waals surface area contributed by atoms with E-state index in [1.165, 1.54) is 6.42 Å². The van der Waals surface area contributed by atoms with Crippen molar-refractivity contribution in [1.82, 2.24) is 0 Å². The van der Waals surface area contributed by atoms with Gasteiger partial charge >= 0.3 is 5.97 Å². The maximum absolute atomic E-state index is 15.6. The van der Waals surface area contributed by atoms with Crippen LogP contribution in [0.4, 0.5) is 10.1 Å². The van der Waals surface area contributed by atoms with Gasteiger partial charge in [0.15, 0.2) is 0 Å². The number of para-hydroxylation sites is 1. The summed E-state index contributed by atoms with van der Waals surface area (Å²) < 4.78 is 27.5. The van der Waals surface area contributed by atoms with Crippen molar-refractivity contribution < 1.29 is 23.8 Å². The molecular weight excluding hydrogens is 495 g/mol. The molecule has 2 aliphatic rings. The number of nitrogens with zero attached hydrogens (tertiary/aromatic N) is 1. The molecule has 0 amide bonds. The molecule has 1 spiro atoms. The Kier molecular flexibility index (Phi) is 8.19. The van der Waals surface area contributed by atoms with E-state index in [1.54, 1.807) is 37.3 Å². The maximum atomic E-state index is 15.6. The minimum Gasteiger partial charge on any atom is -0.489 e. The van der Waals surface area contributed by atoms with E-state index in [0.717, 1.165) is 62.4 Å². The Morgan fingerprint density at radius 3 is 2.64 bits per heavy atom. The molecule has 0 saturated carbocycles. The van der Waals surface area contributed by atoms with Gasteiger partial charge in [0.05, 0.1) is 13.0 Å². The van der Waals surface area contributed by atoms with Crippen LogP contribution in [0.25, 0.3) is 11.1 Å². The van der Waals surface area contributed by atoms with Crippen LogP contribution in [0.5, 0.6) is 5.75 Å². The van der Waals surface area contributed by atoms with E-state index in [0.29, 0.717) is 22.4 Å². The van der Waals surface area contributed by atoms with Crippen LogP contribution in [0.2, 0.25) is 0 Å². The van der Waals surface area contributed by atoms with Gasteiger partial charge in [-0.05, 0) is 73.4 Å². The van der Waals surface area contributed by atoms with Gasteiger partial charge in [-0.1, -0.05) is 36.4 Å². The van der Waals surface area contributed by atoms with Gasteiger partial charge in [-0.2, -0.15) is 0 Å². The normalized spacial score (nSPS) is 17.7. The lowest BCUT2D eigenvalue weighted by Gasteiger charge is -2.44. The zero-order valence-electron chi connectivity index (χ0n) is 22.5. The molecule has 2 saturated heterocycles. The van der Waals surface area contributed by atoms with Crippen molar-refractivity contribution in [2.24, 2.45) is 11.1 Å². The van der Waals surface area contributed by atoms with Gasteiger partial charge in [-0.15, -0.1) is 0 Å². The second kappa shape index (κ2) is 11.8. The number of piperidine rings is 1. The van der Waals surface area contributed by atoms with Crippen molar-refractivity contribution in [3.05, 3.63) is 83.2 Å². The van der Waals surface area contributed by atoms with Crippen LogP contribution in [0, 0.1) is 11.2 Å². The molecule has 2 heterocycles. The fraction of sp³-hybridized carbons (Fsp3) is 0.406. The van der Waals surface area contributed by atoms with Gasteiger partial charge in [-0.3, -0.25) is 4.79 Å². The molecule has 2 aliphatic heterocycles. The molecule has 3 N–H and O–H groups in total. The fourth-order valence-corrected chi connectivity index (χ4v) is 5.88. The van der Waals surface area contributed by atoms with Crippen LogP contribution in [-0.2, 0) is 22.6 Å². The van der Waals surface area contributed by atoms with Crippen molar-refractivity contribution in [1.29, 1.82) is 0 Å². The lowest BCUT2D eigenvalue weighted by molar-refractivity contribution is -0.136. The van der Waals surface area contributed by atoms with Crippen LogP contribution >= 0.6 is 0 Å². The zero-order valence-corrected chi connectivity index (χ0v) is 22.5. The third kappa shape index (κ3) is 6.26. The zero-order chi connectivity index (χ0) is 27.4. The Bertz CT molecular complexity index is 1310. The minimum atomic E-state index is -0.911. The molecular formula is C32H37FN2O4. The number of rotatable bonds is 8. The van der Waals surface area contributed by atoms with Gasteiger partial charge in [-0.25, -0.2) is 4.39 Å². The first-order valence-corrected chi connectivity index (χ1v) is 13.8. The van der Waals surface area contributed by atoms with Crippen LogP contribution in [-0.4, -0.2) is 37.4 Å². The summed E-state index contributed by atoms with van der Waals surface area (Å²) in [5, 5.41) is 9.29. The number of carboxylic acid groups (broad SMARTS) is 1. The van der Waals surface area contributed by atoms with E-state index in [-0.39, 0.29) is 24.3 Å². The molecule has 3 aromatic carbocycles. The summed E-state index contributed by atoms with van der Waals surface area (Å²) in [6.07, 6.45) is 4.36. The van der Waals surface area contributed by atoms with Gasteiger partial charge < -0.3 is 25.2 Å². The lowest BCUT2D eigenvalue weighted by atomic mass is 9.74. The summed E-state index contributed by atoms with van der Waals surface area (Å²) >= 11 is 0. The van der Waals surface area contributed by atoms with Gasteiger partial charge in [0.2, 0.25) is 0 Å². The predicted octanol–water partition coefficient (Wildman–Crippen LogP) is 6.12. The lowest BCUT2D eigenvalue weighted by Crippen LogP contribution is -2.44. The predicted molar refractivity (Wildman–Crippen MR) is 150 cm³/mol. The van der Waals surface area contributed by atoms with Crippen LogP contribution in [0.1, 0.15) is 55.3 Å². The smallest absolute Gasteiger partial charge is 0.307 e. The number of ether oxygens (including phenoxy) is 2. The van der Waals surface area contributed by atoms with E-state index in [9.17, 15) is 9.90 Å². The van der Waals surface area contributed by atoms with E-state index < -0.39 is 12.0 Å². The standard InChI is InChI=1S/C32H37FN2O4/c1-22(34)27-7-4-8-28(31(27)33)25-16-23(20-39-29-9-3-2-6-24(29)19-30(36)37)17-26(18-25)35-13-11-32(12-14-35)10-5-15-38-21-32/h2-4,6-9,16-18,22H,5,10-15,19-21,34H2,1H3,(H,36,37). The van der Waals surface area contributed by atoms with Crippen molar-refractivity contribution >= 4 is 11.7 Å². The summed E-state index contributed by atoms with van der Waals surface area (Å²) in [6, 6.07) is 18.2. The van der Waals surface area contributed by atoms with Crippen LogP contribution in [0.3, 0.4) is 0 Å². The number of benzene rings is 3. The van der Waals surface area contributed by atoms with Crippen molar-refractivity contribution in [3.8, 4) is 16.9 Å². The van der Waals surface area contributed by atoms with E-state index in [1.807, 2.05) is 18.2 Å². The van der Waals surface area contributed by atoms with Crippen LogP contribution < -0.4 is 15.4 Å². The Balaban J connectivity index is 1.45. The average Bonchev–Trinajstić information content (AvgIpc) is 2.93. The molecule has 6 nitrogen and oxygen atoms in total. The largest absolute Gasteiger partial charge is 0.489 e. The molecule has 206 valence electrons. The third-order valence-corrected chi connectivity index (χ3v) is 8.11. The molecule has 0 bridgehead atoms. The third-order valence-electron chi connectivity index (χ3n) is 8.11. The van der Waals surface area contributed by atoms with E-state index >= 15 is 4.39 Å². The molecule has 5 rings (SSSR count). The van der Waals surface area contributed by atoms with Gasteiger partial charge in [0.25, 0.3) is 0 Å². The van der Waals surface area contributed by atoms with E-state index in [4.69, 9.17) is 15.2 Å². The Hall–Kier alpha value is -3.42. The van der Waals surface area contributed by atoms with Gasteiger partial charge in [0.1, 0.15) is 18.2 Å². The number of carboxylic acids is 1. The van der Waals surface area contributed by atoms with Crippen molar-refractivity contribution in [2.45, 2.75) is 51.7 Å². The molecule has 3 aromatic rings. The Morgan fingerprint density at radius 2 is 1.92 bits per heavy atom. The minimum absolute atomic E-state index is 0.115. The van der Waals surface area contributed by atoms with E-state index in [2.05, 4.69) is 17.0 Å². The first kappa shape index (κ1) is 27.2. The summed E-state index contributed by atoms with van der Waals surface area (Å²) in [7, 11) is 0. The number of hydrogen-bond acceptors (Lipinski definition) is 5. The number of anilines is 1. The number of carbonyl (C=O) groups is 1. The second-order valence-electron chi connectivity index (χ2n) is 11.0. The Labute approximate surface area is 229 Å². The Morgan fingerprint density at radius 1 is 1.13 bits per heavy atom. The highest BCUT2D eigenvalue weighted by atomic mass is 19.1. The SMILES string of the molecule is CC(N)c1cccc(-c2cc(COc3ccccc3CC(=O)O)cc(N3CCC4(CCCOC4)CC3)c2)c1F. The van der Waals surface area contributed by atoms with Crippen LogP contribution in [0.15, 0.2) is 60.7 Å². The molecule has 0 aromatic heterocycles. The molecule has 2 fully saturated rings. The molecule has 1 atom stereocenters. The van der Waals surface area contributed by atoms with Crippen molar-refractivity contribution in [2.75, 3.05) is 31.2 Å². The first-order valence-electron chi connectivity index (χ1n) is 13.8. The second-order valence-corrected chi connectivity index (χ2v) is 11.0. The highest BCUT2D eigenvalue weighted by Crippen LogP contribution is 2.41. The highest BCUT2D eigenvalue weighted by molar-refractivity contribution is 5.72. The summed E-state index contributed by atoms with van der Waals surface area (Å²) in [5.74, 6) is -0.680. The summed E-state index contributed by atoms with van der Waals surface area (Å²) in [5.41, 5.74) is 10.6. The number of halogens is 1. The topological polar surface area (TPSA) is 85.0 Å². The molecule has 0 aliphatic carbocycles. The molecule has 0 radical (unpaired) electrons.